The van der Waals surface area contributed by atoms with Crippen molar-refractivity contribution < 1.29 is 28.3 Å². The van der Waals surface area contributed by atoms with Crippen LogP contribution in [0.2, 0.25) is 0 Å². The summed E-state index contributed by atoms with van der Waals surface area (Å²) in [5.41, 5.74) is 0. The summed E-state index contributed by atoms with van der Waals surface area (Å²) in [6.45, 7) is 7.53. The summed E-state index contributed by atoms with van der Waals surface area (Å²) < 4.78 is 25.3. The third-order valence-corrected chi connectivity index (χ3v) is 4.31. The van der Waals surface area contributed by atoms with Crippen LogP contribution in [-0.4, -0.2) is 28.6 Å². The summed E-state index contributed by atoms with van der Waals surface area (Å²) >= 11 is 0. The highest BCUT2D eigenvalue weighted by atomic mass is 19.3. The summed E-state index contributed by atoms with van der Waals surface area (Å²) in [4.78, 5) is 31.0. The lowest BCUT2D eigenvalue weighted by Gasteiger charge is -2.12. The van der Waals surface area contributed by atoms with Crippen LogP contribution in [-0.2, 0) is 14.4 Å². The van der Waals surface area contributed by atoms with Crippen molar-refractivity contribution in [2.75, 3.05) is 0 Å². The monoisotopic (exact) mass is 392 g/mol. The van der Waals surface area contributed by atoms with E-state index < -0.39 is 17.7 Å². The normalized spacial score (nSPS) is 16.1. The second-order valence-electron chi connectivity index (χ2n) is 7.18. The average Bonchev–Trinajstić information content (AvgIpc) is 3.00. The molecule has 1 unspecified atom stereocenters. The smallest absolute Gasteiger partial charge is 0.305 e. The fourth-order valence-electron chi connectivity index (χ4n) is 2.50. The predicted octanol–water partition coefficient (Wildman–Crippen LogP) is 6.21. The van der Waals surface area contributed by atoms with Crippen molar-refractivity contribution in [1.82, 2.24) is 0 Å². The van der Waals surface area contributed by atoms with Gasteiger partial charge >= 0.3 is 11.9 Å². The van der Waals surface area contributed by atoms with Gasteiger partial charge in [0, 0.05) is 32.1 Å². The van der Waals surface area contributed by atoms with Crippen LogP contribution in [0.4, 0.5) is 8.78 Å². The van der Waals surface area contributed by atoms with Crippen LogP contribution < -0.4 is 0 Å². The van der Waals surface area contributed by atoms with Gasteiger partial charge in [0.15, 0.2) is 0 Å². The van der Waals surface area contributed by atoms with Crippen molar-refractivity contribution in [1.29, 1.82) is 0 Å². The highest BCUT2D eigenvalue weighted by Crippen LogP contribution is 2.23. The van der Waals surface area contributed by atoms with Crippen molar-refractivity contribution in [3.05, 3.63) is 0 Å². The maximum atomic E-state index is 12.7. The Morgan fingerprint density at radius 1 is 1.07 bits per heavy atom. The molecule has 6 heteroatoms. The van der Waals surface area contributed by atoms with E-state index in [4.69, 9.17) is 5.11 Å². The Bertz CT molecular complexity index is 422. The number of rotatable bonds is 10. The predicted molar refractivity (Wildman–Crippen MR) is 104 cm³/mol. The first kappa shape index (κ1) is 27.9. The van der Waals surface area contributed by atoms with Gasteiger partial charge in [0.05, 0.1) is 0 Å². The number of hydrogen-bond donors (Lipinski definition) is 1. The molecule has 0 bridgehead atoms. The van der Waals surface area contributed by atoms with E-state index >= 15 is 0 Å². The highest BCUT2D eigenvalue weighted by molar-refractivity contribution is 5.85. The zero-order valence-electron chi connectivity index (χ0n) is 17.5. The van der Waals surface area contributed by atoms with E-state index in [0.29, 0.717) is 31.0 Å². The minimum atomic E-state index is -3.08. The van der Waals surface area contributed by atoms with E-state index in [1.165, 1.54) is 13.3 Å². The number of hydrogen-bond acceptors (Lipinski definition) is 3. The van der Waals surface area contributed by atoms with Gasteiger partial charge in [-0.3, -0.25) is 14.4 Å². The van der Waals surface area contributed by atoms with Gasteiger partial charge in [-0.1, -0.05) is 53.4 Å². The molecule has 0 radical (unpaired) electrons. The van der Waals surface area contributed by atoms with E-state index in [2.05, 4.69) is 13.8 Å². The SMILES string of the molecule is CC1CCC(=O)C1.CCCCC(F)(F)C(=O)CC.CCCCCCC(=O)O. The quantitative estimate of drug-likeness (QED) is 0.449. The molecule has 0 amide bonds. The summed E-state index contributed by atoms with van der Waals surface area (Å²) in [5.74, 6) is -3.57. The van der Waals surface area contributed by atoms with Gasteiger partial charge in [0.25, 0.3) is 0 Å². The molecular formula is C21H38F2O4. The number of aliphatic carboxylic acids is 1. The number of alkyl halides is 2. The number of carbonyl (C=O) groups is 3. The van der Waals surface area contributed by atoms with Crippen LogP contribution in [0.3, 0.4) is 0 Å². The molecule has 0 aromatic carbocycles. The highest BCUT2D eigenvalue weighted by Gasteiger charge is 2.35. The molecule has 4 nitrogen and oxygen atoms in total. The fourth-order valence-corrected chi connectivity index (χ4v) is 2.50. The lowest BCUT2D eigenvalue weighted by atomic mass is 10.1. The number of carbonyl (C=O) groups excluding carboxylic acids is 2. The maximum Gasteiger partial charge on any atom is 0.305 e. The van der Waals surface area contributed by atoms with E-state index in [1.807, 2.05) is 6.92 Å². The number of carboxylic acids is 1. The molecule has 0 aromatic rings. The summed E-state index contributed by atoms with van der Waals surface area (Å²) in [5, 5.41) is 8.21. The maximum absolute atomic E-state index is 12.7. The standard InChI is InChI=1S/C8H14F2O.C7H14O2.C6H10O/c1-3-5-6-8(9,10)7(11)4-2;1-2-3-4-5-6-7(8)9;1-5-2-3-6(7)4-5/h3-6H2,1-2H3;2-6H2,1H3,(H,8,9);5H,2-4H2,1H3. The van der Waals surface area contributed by atoms with Gasteiger partial charge in [0.2, 0.25) is 5.78 Å². The lowest BCUT2D eigenvalue weighted by molar-refractivity contribution is -0.143. The third kappa shape index (κ3) is 17.8. The number of carboxylic acid groups (broad SMARTS) is 1. The van der Waals surface area contributed by atoms with E-state index in [-0.39, 0.29) is 12.8 Å². The Balaban J connectivity index is 0. The molecular weight excluding hydrogens is 354 g/mol. The molecule has 1 aliphatic rings. The molecule has 0 aliphatic heterocycles. The van der Waals surface area contributed by atoms with Crippen molar-refractivity contribution in [3.63, 3.8) is 0 Å². The lowest BCUT2D eigenvalue weighted by Crippen LogP contribution is -2.27. The summed E-state index contributed by atoms with van der Waals surface area (Å²) in [6, 6.07) is 0. The minimum absolute atomic E-state index is 0.0727. The molecule has 0 aromatic heterocycles. The number of unbranched alkanes of at least 4 members (excludes halogenated alkanes) is 4. The van der Waals surface area contributed by atoms with Gasteiger partial charge < -0.3 is 5.11 Å². The Labute approximate surface area is 163 Å². The molecule has 27 heavy (non-hydrogen) atoms. The topological polar surface area (TPSA) is 71.4 Å². The first-order valence-electron chi connectivity index (χ1n) is 10.2. The van der Waals surface area contributed by atoms with E-state index in [1.54, 1.807) is 0 Å². The van der Waals surface area contributed by atoms with Gasteiger partial charge in [-0.25, -0.2) is 0 Å². The first-order chi connectivity index (χ1) is 12.6. The van der Waals surface area contributed by atoms with Crippen LogP contribution >= 0.6 is 0 Å². The van der Waals surface area contributed by atoms with Crippen LogP contribution in [0.25, 0.3) is 0 Å². The molecule has 1 saturated carbocycles. The number of halogens is 2. The van der Waals surface area contributed by atoms with Crippen LogP contribution in [0, 0.1) is 5.92 Å². The van der Waals surface area contributed by atoms with E-state index in [9.17, 15) is 23.2 Å². The average molecular weight is 393 g/mol. The van der Waals surface area contributed by atoms with Crippen LogP contribution in [0.5, 0.6) is 0 Å². The summed E-state index contributed by atoms with van der Waals surface area (Å²) in [6.07, 6.45) is 8.09. The number of ketones is 2. The Hall–Kier alpha value is -1.33. The molecule has 0 heterocycles. The zero-order chi connectivity index (χ0) is 21.3. The van der Waals surface area contributed by atoms with Crippen LogP contribution in [0.15, 0.2) is 0 Å². The Morgan fingerprint density at radius 3 is 2.00 bits per heavy atom. The van der Waals surface area contributed by atoms with Crippen molar-refractivity contribution in [2.45, 2.75) is 111 Å². The van der Waals surface area contributed by atoms with Gasteiger partial charge in [-0.05, 0) is 25.2 Å². The van der Waals surface area contributed by atoms with E-state index in [0.717, 1.165) is 38.5 Å². The third-order valence-electron chi connectivity index (χ3n) is 4.31. The molecule has 1 N–H and O–H groups in total. The van der Waals surface area contributed by atoms with Crippen molar-refractivity contribution in [3.8, 4) is 0 Å². The molecule has 0 spiro atoms. The second-order valence-corrected chi connectivity index (χ2v) is 7.18. The second kappa shape index (κ2) is 16.8. The molecule has 0 saturated heterocycles. The zero-order valence-corrected chi connectivity index (χ0v) is 17.5. The van der Waals surface area contributed by atoms with Crippen molar-refractivity contribution in [2.24, 2.45) is 5.92 Å². The molecule has 1 aliphatic carbocycles. The number of Topliss-reactive ketones (excluding diaryl/α,β-unsaturated/α-hetero) is 2. The van der Waals surface area contributed by atoms with Crippen molar-refractivity contribution >= 4 is 17.5 Å². The molecule has 1 fully saturated rings. The fraction of sp³-hybridized carbons (Fsp3) is 0.857. The largest absolute Gasteiger partial charge is 0.481 e. The van der Waals surface area contributed by atoms with Gasteiger partial charge in [0.1, 0.15) is 5.78 Å². The van der Waals surface area contributed by atoms with Crippen LogP contribution in [0.1, 0.15) is 105 Å². The minimum Gasteiger partial charge on any atom is -0.481 e. The Morgan fingerprint density at radius 2 is 1.67 bits per heavy atom. The summed E-state index contributed by atoms with van der Waals surface area (Å²) in [7, 11) is 0. The molecule has 1 rings (SSSR count). The first-order valence-corrected chi connectivity index (χ1v) is 10.2. The van der Waals surface area contributed by atoms with Gasteiger partial charge in [-0.15, -0.1) is 0 Å². The molecule has 160 valence electrons. The molecule has 1 atom stereocenters. The Kier molecular flexibility index (Phi) is 17.4. The van der Waals surface area contributed by atoms with Gasteiger partial charge in [-0.2, -0.15) is 8.78 Å².